The Labute approximate surface area is 105 Å². The van der Waals surface area contributed by atoms with Gasteiger partial charge in [0.1, 0.15) is 5.00 Å². The molecule has 0 heterocycles. The molecule has 0 amide bonds. The molecular weight excluding hydrogens is 248 g/mol. The number of alkyl halides is 1. The van der Waals surface area contributed by atoms with Gasteiger partial charge in [-0.2, -0.15) is 0 Å². The smallest absolute Gasteiger partial charge is 0.400 e. The first-order valence-electron chi connectivity index (χ1n) is 5.67. The minimum Gasteiger partial charge on any atom is -0.400 e. The summed E-state index contributed by atoms with van der Waals surface area (Å²) >= 11 is 6.21. The summed E-state index contributed by atoms with van der Waals surface area (Å²) in [7, 11) is -1.63. The Morgan fingerprint density at radius 1 is 0.938 bits per heavy atom. The minimum atomic E-state index is -2.63. The van der Waals surface area contributed by atoms with Crippen molar-refractivity contribution in [1.29, 1.82) is 0 Å². The zero-order valence-electron chi connectivity index (χ0n) is 11.0. The van der Waals surface area contributed by atoms with Gasteiger partial charge in [0.2, 0.25) is 0 Å². The van der Waals surface area contributed by atoms with Gasteiger partial charge in [-0.1, -0.05) is 6.92 Å². The number of halogens is 1. The summed E-state index contributed by atoms with van der Waals surface area (Å²) in [5, 5.41) is 6.85. The molecule has 0 aromatic heterocycles. The second-order valence-electron chi connectivity index (χ2n) is 2.78. The number of aliphatic hydroxyl groups is 1. The summed E-state index contributed by atoms with van der Waals surface area (Å²) in [6.07, 6.45) is 0.799. The van der Waals surface area contributed by atoms with Crippen LogP contribution in [0.15, 0.2) is 0 Å². The maximum Gasteiger partial charge on any atom is 0.519 e. The third kappa shape index (κ3) is 6.17. The lowest BCUT2D eigenvalue weighted by atomic mass is 10.6. The maximum atomic E-state index is 7.00. The van der Waals surface area contributed by atoms with E-state index in [0.717, 1.165) is 13.5 Å². The maximum absolute atomic E-state index is 7.00. The topological polar surface area (TPSA) is 47.9 Å². The van der Waals surface area contributed by atoms with Gasteiger partial charge in [-0.05, 0) is 27.2 Å². The summed E-state index contributed by atoms with van der Waals surface area (Å²) in [6.45, 7) is 9.54. The van der Waals surface area contributed by atoms with E-state index in [4.69, 9.17) is 30.0 Å². The molecule has 6 heteroatoms. The molecule has 0 aliphatic rings. The summed E-state index contributed by atoms with van der Waals surface area (Å²) in [5.74, 6) is 0. The van der Waals surface area contributed by atoms with Gasteiger partial charge in [0, 0.05) is 26.9 Å². The van der Waals surface area contributed by atoms with Crippen LogP contribution in [0.4, 0.5) is 0 Å². The Morgan fingerprint density at radius 2 is 1.25 bits per heavy atom. The van der Waals surface area contributed by atoms with Gasteiger partial charge in [0.05, 0.1) is 0 Å². The molecule has 4 nitrogen and oxygen atoms in total. The van der Waals surface area contributed by atoms with Crippen molar-refractivity contribution in [2.45, 2.75) is 39.1 Å². The summed E-state index contributed by atoms with van der Waals surface area (Å²) in [4.78, 5) is 0. The van der Waals surface area contributed by atoms with E-state index >= 15 is 0 Å². The van der Waals surface area contributed by atoms with Gasteiger partial charge in [-0.3, -0.25) is 0 Å². The predicted molar refractivity (Wildman–Crippen MR) is 68.7 cm³/mol. The van der Waals surface area contributed by atoms with Gasteiger partial charge in [-0.25, -0.2) is 0 Å². The molecule has 0 spiro atoms. The zero-order chi connectivity index (χ0) is 13.0. The molecule has 0 aliphatic carbocycles. The molecule has 16 heavy (non-hydrogen) atoms. The SMILES string of the molecule is CCO[Si](OCC)(OCC)C(Cl)CC.CO. The second-order valence-corrected chi connectivity index (χ2v) is 6.44. The van der Waals surface area contributed by atoms with Crippen molar-refractivity contribution in [2.24, 2.45) is 0 Å². The molecule has 0 aromatic rings. The lowest BCUT2D eigenvalue weighted by molar-refractivity contribution is 0.0686. The van der Waals surface area contributed by atoms with Crippen LogP contribution in [0.2, 0.25) is 0 Å². The number of hydrogen-bond acceptors (Lipinski definition) is 4. The molecule has 1 N–H and O–H groups in total. The normalized spacial score (nSPS) is 12.9. The molecule has 0 saturated carbocycles. The van der Waals surface area contributed by atoms with Crippen LogP contribution in [0.25, 0.3) is 0 Å². The van der Waals surface area contributed by atoms with E-state index in [2.05, 4.69) is 0 Å². The van der Waals surface area contributed by atoms with Crippen LogP contribution in [-0.4, -0.2) is 45.8 Å². The van der Waals surface area contributed by atoms with Gasteiger partial charge < -0.3 is 18.4 Å². The van der Waals surface area contributed by atoms with Gasteiger partial charge >= 0.3 is 8.80 Å². The Morgan fingerprint density at radius 3 is 1.44 bits per heavy atom. The van der Waals surface area contributed by atoms with Crippen molar-refractivity contribution in [2.75, 3.05) is 26.9 Å². The first-order chi connectivity index (χ1) is 7.66. The van der Waals surface area contributed by atoms with Crippen LogP contribution >= 0.6 is 11.6 Å². The van der Waals surface area contributed by atoms with Crippen molar-refractivity contribution in [3.8, 4) is 0 Å². The molecule has 1 atom stereocenters. The summed E-state index contributed by atoms with van der Waals surface area (Å²) < 4.78 is 16.9. The van der Waals surface area contributed by atoms with Crippen molar-refractivity contribution in [3.05, 3.63) is 0 Å². The van der Waals surface area contributed by atoms with Crippen LogP contribution in [0, 0.1) is 0 Å². The van der Waals surface area contributed by atoms with E-state index in [1.807, 2.05) is 27.7 Å². The molecule has 0 saturated heterocycles. The third-order valence-corrected chi connectivity index (χ3v) is 6.14. The molecule has 0 aromatic carbocycles. The van der Waals surface area contributed by atoms with Gasteiger partial charge in [0.25, 0.3) is 0 Å². The van der Waals surface area contributed by atoms with Crippen LogP contribution in [0.1, 0.15) is 34.1 Å². The van der Waals surface area contributed by atoms with Crippen molar-refractivity contribution in [1.82, 2.24) is 0 Å². The highest BCUT2D eigenvalue weighted by Crippen LogP contribution is 2.22. The zero-order valence-corrected chi connectivity index (χ0v) is 12.7. The number of aliphatic hydroxyl groups excluding tert-OH is 1. The number of rotatable bonds is 8. The van der Waals surface area contributed by atoms with E-state index in [0.29, 0.717) is 19.8 Å². The fourth-order valence-corrected chi connectivity index (χ4v) is 4.32. The fraction of sp³-hybridized carbons (Fsp3) is 1.00. The van der Waals surface area contributed by atoms with Crippen LogP contribution < -0.4 is 0 Å². The van der Waals surface area contributed by atoms with E-state index in [9.17, 15) is 0 Å². The highest BCUT2D eigenvalue weighted by Gasteiger charge is 2.47. The molecule has 0 fully saturated rings. The molecule has 0 aliphatic heterocycles. The lowest BCUT2D eigenvalue weighted by Crippen LogP contribution is -2.54. The molecule has 1 unspecified atom stereocenters. The first kappa shape index (κ1) is 18.7. The van der Waals surface area contributed by atoms with Crippen LogP contribution in [0.5, 0.6) is 0 Å². The molecule has 100 valence electrons. The molecule has 0 bridgehead atoms. The van der Waals surface area contributed by atoms with E-state index < -0.39 is 8.80 Å². The quantitative estimate of drug-likeness (QED) is 0.544. The summed E-state index contributed by atoms with van der Waals surface area (Å²) in [5.41, 5.74) is 0. The Hall–Kier alpha value is 0.347. The standard InChI is InChI=1S/C9H21ClO3Si.CH4O/c1-5-9(10)14(11-6-2,12-7-3)13-8-4;1-2/h9H,5-8H2,1-4H3;2H,1H3. The third-order valence-electron chi connectivity index (χ3n) is 1.78. The van der Waals surface area contributed by atoms with Crippen LogP contribution in [-0.2, 0) is 13.3 Å². The van der Waals surface area contributed by atoms with E-state index in [-0.39, 0.29) is 5.00 Å². The Bertz CT molecular complexity index is 132. The lowest BCUT2D eigenvalue weighted by Gasteiger charge is -2.31. The monoisotopic (exact) mass is 272 g/mol. The molecular formula is C10H25ClO4Si. The molecule has 0 radical (unpaired) electrons. The molecule has 0 rings (SSSR count). The predicted octanol–water partition coefficient (Wildman–Crippen LogP) is 2.20. The Balaban J connectivity index is 0. The number of hydrogen-bond donors (Lipinski definition) is 1. The second kappa shape index (κ2) is 11.8. The Kier molecular flexibility index (Phi) is 13.8. The largest absolute Gasteiger partial charge is 0.519 e. The fourth-order valence-electron chi connectivity index (χ4n) is 1.25. The average molecular weight is 273 g/mol. The highest BCUT2D eigenvalue weighted by molar-refractivity contribution is 6.71. The van der Waals surface area contributed by atoms with Crippen molar-refractivity contribution < 1.29 is 18.4 Å². The average Bonchev–Trinajstić information content (AvgIpc) is 2.31. The highest BCUT2D eigenvalue weighted by atomic mass is 35.5. The van der Waals surface area contributed by atoms with E-state index in [1.165, 1.54) is 0 Å². The summed E-state index contributed by atoms with van der Waals surface area (Å²) in [6, 6.07) is 0. The van der Waals surface area contributed by atoms with Crippen LogP contribution in [0.3, 0.4) is 0 Å². The van der Waals surface area contributed by atoms with Crippen molar-refractivity contribution in [3.63, 3.8) is 0 Å². The first-order valence-corrected chi connectivity index (χ1v) is 7.91. The van der Waals surface area contributed by atoms with Gasteiger partial charge in [-0.15, -0.1) is 11.6 Å². The van der Waals surface area contributed by atoms with E-state index in [1.54, 1.807) is 0 Å². The van der Waals surface area contributed by atoms with Gasteiger partial charge in [0.15, 0.2) is 0 Å². The minimum absolute atomic E-state index is 0.151. The van der Waals surface area contributed by atoms with Crippen molar-refractivity contribution >= 4 is 20.4 Å².